The molecule has 0 saturated heterocycles. The number of hydrogen-bond acceptors (Lipinski definition) is 5. The Morgan fingerprint density at radius 2 is 1.78 bits per heavy atom. The van der Waals surface area contributed by atoms with Crippen LogP contribution in [0, 0.1) is 5.41 Å². The van der Waals surface area contributed by atoms with E-state index in [0.717, 1.165) is 29.5 Å². The molecular weight excluding hydrogens is 398 g/mol. The van der Waals surface area contributed by atoms with Gasteiger partial charge in [0.25, 0.3) is 0 Å². The molecule has 0 bridgehead atoms. The van der Waals surface area contributed by atoms with E-state index in [1.165, 1.54) is 0 Å². The molecule has 1 unspecified atom stereocenters. The van der Waals surface area contributed by atoms with Gasteiger partial charge in [-0.3, -0.25) is 15.1 Å². The second kappa shape index (κ2) is 10.7. The van der Waals surface area contributed by atoms with Crippen molar-refractivity contribution in [1.29, 1.82) is 5.41 Å². The lowest BCUT2D eigenvalue weighted by molar-refractivity contribution is -0.120. The van der Waals surface area contributed by atoms with Crippen LogP contribution in [0.25, 0.3) is 0 Å². The predicted octanol–water partition coefficient (Wildman–Crippen LogP) is 3.82. The van der Waals surface area contributed by atoms with Crippen LogP contribution in [0.15, 0.2) is 72.8 Å². The first-order chi connectivity index (χ1) is 15.4. The van der Waals surface area contributed by atoms with Crippen LogP contribution in [0.4, 0.5) is 11.4 Å². The molecule has 1 amide bonds. The number of carbonyl (C=O) groups excluding carboxylic acids is 1. The fourth-order valence-electron chi connectivity index (χ4n) is 3.72. The summed E-state index contributed by atoms with van der Waals surface area (Å²) in [5, 5.41) is 11.7. The van der Waals surface area contributed by atoms with Gasteiger partial charge in [0.1, 0.15) is 6.04 Å². The van der Waals surface area contributed by atoms with E-state index in [2.05, 4.69) is 5.32 Å². The number of nitrogens with one attached hydrogen (secondary N) is 2. The van der Waals surface area contributed by atoms with Gasteiger partial charge in [0, 0.05) is 22.5 Å². The van der Waals surface area contributed by atoms with Gasteiger partial charge in [-0.05, 0) is 68.9 Å². The zero-order valence-electron chi connectivity index (χ0n) is 18.6. The van der Waals surface area contributed by atoms with E-state index in [4.69, 9.17) is 16.9 Å². The summed E-state index contributed by atoms with van der Waals surface area (Å²) in [5.41, 5.74) is 16.6. The van der Waals surface area contributed by atoms with Crippen LogP contribution in [-0.4, -0.2) is 37.2 Å². The smallest absolute Gasteiger partial charge is 0.246 e. The normalized spacial score (nSPS) is 11.9. The highest BCUT2D eigenvalue weighted by Gasteiger charge is 2.23. The van der Waals surface area contributed by atoms with Crippen molar-refractivity contribution in [2.75, 3.05) is 31.7 Å². The molecule has 32 heavy (non-hydrogen) atoms. The van der Waals surface area contributed by atoms with E-state index in [9.17, 15) is 4.79 Å². The Morgan fingerprint density at radius 1 is 1.03 bits per heavy atom. The van der Waals surface area contributed by atoms with Crippen molar-refractivity contribution in [3.8, 4) is 0 Å². The Balaban J connectivity index is 1.84. The number of aryl methyl sites for hydroxylation is 1. The van der Waals surface area contributed by atoms with E-state index in [1.807, 2.05) is 73.6 Å². The van der Waals surface area contributed by atoms with Crippen molar-refractivity contribution >= 4 is 23.0 Å². The zero-order valence-corrected chi connectivity index (χ0v) is 18.6. The van der Waals surface area contributed by atoms with Crippen molar-refractivity contribution in [1.82, 2.24) is 4.90 Å². The topological polar surface area (TPSA) is 108 Å². The molecule has 6 heteroatoms. The summed E-state index contributed by atoms with van der Waals surface area (Å²) >= 11 is 0. The minimum atomic E-state index is -0.434. The number of nitrogen functional groups attached to an aromatic ring is 1. The molecule has 0 spiro atoms. The van der Waals surface area contributed by atoms with Gasteiger partial charge in [-0.15, -0.1) is 0 Å². The van der Waals surface area contributed by atoms with Crippen molar-refractivity contribution in [2.24, 2.45) is 5.73 Å². The van der Waals surface area contributed by atoms with Crippen LogP contribution in [0.5, 0.6) is 0 Å². The molecule has 0 aromatic heterocycles. The summed E-state index contributed by atoms with van der Waals surface area (Å²) in [4.78, 5) is 15.0. The maximum Gasteiger partial charge on any atom is 0.246 e. The monoisotopic (exact) mass is 429 g/mol. The quantitative estimate of drug-likeness (QED) is 0.306. The van der Waals surface area contributed by atoms with E-state index >= 15 is 0 Å². The van der Waals surface area contributed by atoms with Gasteiger partial charge >= 0.3 is 0 Å². The van der Waals surface area contributed by atoms with Crippen LogP contribution in [0.1, 0.15) is 34.7 Å². The molecule has 0 heterocycles. The van der Waals surface area contributed by atoms with Crippen LogP contribution < -0.4 is 16.8 Å². The van der Waals surface area contributed by atoms with Crippen LogP contribution >= 0.6 is 0 Å². The SMILES string of the molecule is CN(C)C(C(=O)Nc1ccc(N)c(C(=N)c2cccc(CCCN)c2)c1)c1ccccc1. The summed E-state index contributed by atoms with van der Waals surface area (Å²) in [7, 11) is 3.75. The second-order valence-corrected chi connectivity index (χ2v) is 8.04. The second-order valence-electron chi connectivity index (χ2n) is 8.04. The average molecular weight is 430 g/mol. The number of rotatable bonds is 9. The minimum Gasteiger partial charge on any atom is -0.398 e. The third-order valence-electron chi connectivity index (χ3n) is 5.36. The Bertz CT molecular complexity index is 1080. The minimum absolute atomic E-state index is 0.146. The lowest BCUT2D eigenvalue weighted by Gasteiger charge is -2.24. The molecule has 3 rings (SSSR count). The number of benzene rings is 3. The van der Waals surface area contributed by atoms with Crippen molar-refractivity contribution in [3.63, 3.8) is 0 Å². The molecule has 166 valence electrons. The molecule has 0 radical (unpaired) electrons. The van der Waals surface area contributed by atoms with Gasteiger partial charge in [0.2, 0.25) is 5.91 Å². The van der Waals surface area contributed by atoms with Gasteiger partial charge in [0.05, 0.1) is 5.71 Å². The summed E-state index contributed by atoms with van der Waals surface area (Å²) in [5.74, 6) is -0.146. The number of nitrogens with zero attached hydrogens (tertiary/aromatic N) is 1. The van der Waals surface area contributed by atoms with Gasteiger partial charge in [-0.25, -0.2) is 0 Å². The summed E-state index contributed by atoms with van der Waals surface area (Å²) in [6, 6.07) is 22.3. The van der Waals surface area contributed by atoms with Gasteiger partial charge in [0.15, 0.2) is 0 Å². The molecule has 0 fully saturated rings. The molecule has 0 saturated carbocycles. The van der Waals surface area contributed by atoms with Crippen molar-refractivity contribution in [2.45, 2.75) is 18.9 Å². The number of nitrogens with two attached hydrogens (primary N) is 2. The standard InChI is InChI=1S/C26H31N5O/c1-31(2)25(19-10-4-3-5-11-19)26(32)30-21-13-14-23(28)22(17-21)24(29)20-12-6-8-18(16-20)9-7-15-27/h3-6,8,10-14,16-17,25,29H,7,9,15,27-28H2,1-2H3,(H,30,32). The summed E-state index contributed by atoms with van der Waals surface area (Å²) < 4.78 is 0. The number of hydrogen-bond donors (Lipinski definition) is 4. The molecule has 1 atom stereocenters. The summed E-state index contributed by atoms with van der Waals surface area (Å²) in [6.07, 6.45) is 1.77. The Labute approximate surface area is 189 Å². The first-order valence-electron chi connectivity index (χ1n) is 10.7. The van der Waals surface area contributed by atoms with Gasteiger partial charge in [-0.2, -0.15) is 0 Å². The van der Waals surface area contributed by atoms with Crippen molar-refractivity contribution in [3.05, 3.63) is 95.1 Å². The highest BCUT2D eigenvalue weighted by atomic mass is 16.2. The third kappa shape index (κ3) is 5.60. The maximum atomic E-state index is 13.1. The third-order valence-corrected chi connectivity index (χ3v) is 5.36. The van der Waals surface area contributed by atoms with E-state index in [0.29, 0.717) is 29.2 Å². The maximum absolute atomic E-state index is 13.1. The number of amides is 1. The number of likely N-dealkylation sites (N-methyl/N-ethyl adjacent to an activating group) is 1. The molecule has 0 aliphatic rings. The molecule has 6 N–H and O–H groups in total. The number of carbonyl (C=O) groups is 1. The van der Waals surface area contributed by atoms with E-state index in [1.54, 1.807) is 18.2 Å². The fraction of sp³-hybridized carbons (Fsp3) is 0.231. The molecule has 3 aromatic rings. The molecule has 6 nitrogen and oxygen atoms in total. The highest BCUT2D eigenvalue weighted by Crippen LogP contribution is 2.25. The lowest BCUT2D eigenvalue weighted by Crippen LogP contribution is -2.32. The molecule has 0 aliphatic carbocycles. The first-order valence-corrected chi connectivity index (χ1v) is 10.7. The van der Waals surface area contributed by atoms with Crippen molar-refractivity contribution < 1.29 is 4.79 Å². The molecule has 3 aromatic carbocycles. The Hall–Kier alpha value is -3.48. The van der Waals surface area contributed by atoms with Crippen LogP contribution in [-0.2, 0) is 11.2 Å². The van der Waals surface area contributed by atoms with Crippen LogP contribution in [0.3, 0.4) is 0 Å². The van der Waals surface area contributed by atoms with Gasteiger partial charge < -0.3 is 16.8 Å². The van der Waals surface area contributed by atoms with Gasteiger partial charge in [-0.1, -0.05) is 48.5 Å². The van der Waals surface area contributed by atoms with E-state index in [-0.39, 0.29) is 5.91 Å². The molecular formula is C26H31N5O. The largest absolute Gasteiger partial charge is 0.398 e. The first kappa shape index (κ1) is 23.2. The fourth-order valence-corrected chi connectivity index (χ4v) is 3.72. The lowest BCUT2D eigenvalue weighted by atomic mass is 9.97. The zero-order chi connectivity index (χ0) is 23.1. The highest BCUT2D eigenvalue weighted by molar-refractivity contribution is 6.14. The van der Waals surface area contributed by atoms with E-state index < -0.39 is 6.04 Å². The van der Waals surface area contributed by atoms with Crippen LogP contribution in [0.2, 0.25) is 0 Å². The Morgan fingerprint density at radius 3 is 2.47 bits per heavy atom. The summed E-state index contributed by atoms with van der Waals surface area (Å²) in [6.45, 7) is 0.632. The number of anilines is 2. The molecule has 0 aliphatic heterocycles. The average Bonchev–Trinajstić information content (AvgIpc) is 2.79. The Kier molecular flexibility index (Phi) is 7.76. The predicted molar refractivity (Wildman–Crippen MR) is 132 cm³/mol.